The zero-order valence-electron chi connectivity index (χ0n) is 19.1. The van der Waals surface area contributed by atoms with E-state index in [0.29, 0.717) is 0 Å². The Kier molecular flexibility index (Phi) is 11.8. The van der Waals surface area contributed by atoms with Crippen LogP contribution in [0, 0.1) is 27.7 Å². The van der Waals surface area contributed by atoms with Gasteiger partial charge in [0.1, 0.15) is 0 Å². The molecule has 10 heteroatoms. The van der Waals surface area contributed by atoms with E-state index < -0.39 is 7.25 Å². The normalized spacial score (nSPS) is 10.1. The summed E-state index contributed by atoms with van der Waals surface area (Å²) in [7, 11) is -6.00. The van der Waals surface area contributed by atoms with Gasteiger partial charge in [-0.1, -0.05) is 24.3 Å². The predicted molar refractivity (Wildman–Crippen MR) is 124 cm³/mol. The van der Waals surface area contributed by atoms with Crippen LogP contribution in [0.5, 0.6) is 0 Å². The molecule has 0 spiro atoms. The summed E-state index contributed by atoms with van der Waals surface area (Å²) in [6.07, 6.45) is 0. The molecule has 4 nitrogen and oxygen atoms in total. The van der Waals surface area contributed by atoms with E-state index in [-0.39, 0.29) is 22.4 Å². The molecule has 0 N–H and O–H groups in total. The van der Waals surface area contributed by atoms with Crippen molar-refractivity contribution in [2.24, 2.45) is 0 Å². The second-order valence-electron chi connectivity index (χ2n) is 7.15. The zero-order valence-corrected chi connectivity index (χ0v) is 20.6. The van der Waals surface area contributed by atoms with Crippen LogP contribution in [0.3, 0.4) is 0 Å². The first-order valence-electron chi connectivity index (χ1n) is 10.1. The van der Waals surface area contributed by atoms with Crippen molar-refractivity contribution in [2.45, 2.75) is 27.7 Å². The van der Waals surface area contributed by atoms with Gasteiger partial charge in [-0.25, -0.2) is 0 Å². The van der Waals surface area contributed by atoms with Gasteiger partial charge in [-0.15, -0.1) is 0 Å². The van der Waals surface area contributed by atoms with Gasteiger partial charge in [0.15, 0.2) is 0 Å². The van der Waals surface area contributed by atoms with Crippen LogP contribution < -0.4 is 0 Å². The Morgan fingerprint density at radius 1 is 0.441 bits per heavy atom. The number of aryl methyl sites for hydroxylation is 4. The summed E-state index contributed by atoms with van der Waals surface area (Å²) >= 11 is 0. The van der Waals surface area contributed by atoms with Gasteiger partial charge in [-0.2, -0.15) is 0 Å². The van der Waals surface area contributed by atoms with Crippen molar-refractivity contribution in [1.29, 1.82) is 0 Å². The SMILES string of the molecule is Cc1cccc(-c2cccc(C)n2)n1.Cc1cccc(-c2cccc(C)n2)n1.F[B-](F)(F)F.[Ag+]. The molecule has 0 saturated heterocycles. The summed E-state index contributed by atoms with van der Waals surface area (Å²) in [5.74, 6) is 0. The van der Waals surface area contributed by atoms with Crippen LogP contribution in [0.2, 0.25) is 0 Å². The second kappa shape index (κ2) is 13.7. The molecule has 0 fully saturated rings. The molecule has 0 aliphatic carbocycles. The fraction of sp³-hybridized carbons (Fsp3) is 0.167. The quantitative estimate of drug-likeness (QED) is 0.199. The van der Waals surface area contributed by atoms with Crippen molar-refractivity contribution in [2.75, 3.05) is 0 Å². The molecule has 4 aromatic rings. The molecule has 0 aromatic carbocycles. The van der Waals surface area contributed by atoms with Gasteiger partial charge in [0.05, 0.1) is 22.8 Å². The Labute approximate surface area is 212 Å². The molecule has 182 valence electrons. The van der Waals surface area contributed by atoms with Gasteiger partial charge in [0.25, 0.3) is 0 Å². The number of halogens is 4. The van der Waals surface area contributed by atoms with E-state index in [1.165, 1.54) is 0 Å². The number of hydrogen-bond acceptors (Lipinski definition) is 4. The van der Waals surface area contributed by atoms with Gasteiger partial charge in [0, 0.05) is 22.8 Å². The predicted octanol–water partition coefficient (Wildman–Crippen LogP) is 6.82. The van der Waals surface area contributed by atoms with Crippen molar-refractivity contribution in [3.8, 4) is 22.8 Å². The monoisotopic (exact) mass is 562 g/mol. The van der Waals surface area contributed by atoms with E-state index in [0.717, 1.165) is 45.6 Å². The molecular weight excluding hydrogens is 539 g/mol. The second-order valence-corrected chi connectivity index (χ2v) is 7.15. The Morgan fingerprint density at radius 3 is 0.765 bits per heavy atom. The average molecular weight is 563 g/mol. The average Bonchev–Trinajstić information content (AvgIpc) is 2.73. The molecule has 34 heavy (non-hydrogen) atoms. The molecule has 0 amide bonds. The van der Waals surface area contributed by atoms with Crippen LogP contribution in [0.4, 0.5) is 17.3 Å². The fourth-order valence-corrected chi connectivity index (χ4v) is 2.74. The van der Waals surface area contributed by atoms with Crippen LogP contribution in [-0.4, -0.2) is 27.2 Å². The third kappa shape index (κ3) is 11.3. The van der Waals surface area contributed by atoms with Gasteiger partial charge >= 0.3 is 29.6 Å². The molecule has 4 rings (SSSR count). The summed E-state index contributed by atoms with van der Waals surface area (Å²) in [5.41, 5.74) is 7.83. The van der Waals surface area contributed by atoms with E-state index in [1.54, 1.807) is 0 Å². The van der Waals surface area contributed by atoms with Crippen LogP contribution in [0.25, 0.3) is 22.8 Å². The van der Waals surface area contributed by atoms with E-state index in [2.05, 4.69) is 19.9 Å². The Bertz CT molecular complexity index is 1010. The third-order valence-electron chi connectivity index (χ3n) is 4.08. The molecule has 4 aromatic heterocycles. The molecule has 0 aliphatic rings. The maximum absolute atomic E-state index is 9.75. The largest absolute Gasteiger partial charge is 1.00 e. The first-order chi connectivity index (χ1) is 15.5. The minimum absolute atomic E-state index is 0. The first kappa shape index (κ1) is 29.2. The maximum atomic E-state index is 9.75. The van der Waals surface area contributed by atoms with E-state index in [4.69, 9.17) is 0 Å². The van der Waals surface area contributed by atoms with Crippen molar-refractivity contribution >= 4 is 7.25 Å². The summed E-state index contributed by atoms with van der Waals surface area (Å²) in [6.45, 7) is 7.94. The molecule has 0 atom stereocenters. The van der Waals surface area contributed by atoms with Crippen LogP contribution >= 0.6 is 0 Å². The number of pyridine rings is 4. The Hall–Kier alpha value is -2.87. The fourth-order valence-electron chi connectivity index (χ4n) is 2.74. The van der Waals surface area contributed by atoms with Crippen LogP contribution in [0.1, 0.15) is 22.8 Å². The number of hydrogen-bond donors (Lipinski definition) is 0. The summed E-state index contributed by atoms with van der Waals surface area (Å²) in [4.78, 5) is 17.7. The molecule has 0 bridgehead atoms. The van der Waals surface area contributed by atoms with Gasteiger partial charge in [0.2, 0.25) is 0 Å². The third-order valence-corrected chi connectivity index (χ3v) is 4.08. The summed E-state index contributed by atoms with van der Waals surface area (Å²) < 4.78 is 39.0. The van der Waals surface area contributed by atoms with Crippen molar-refractivity contribution in [3.63, 3.8) is 0 Å². The van der Waals surface area contributed by atoms with Gasteiger partial charge < -0.3 is 17.3 Å². The van der Waals surface area contributed by atoms with E-state index in [9.17, 15) is 17.3 Å². The van der Waals surface area contributed by atoms with Gasteiger partial charge in [-0.3, -0.25) is 19.9 Å². The minimum atomic E-state index is -6.00. The van der Waals surface area contributed by atoms with Crippen molar-refractivity contribution in [3.05, 3.63) is 95.6 Å². The Morgan fingerprint density at radius 2 is 0.618 bits per heavy atom. The molecule has 0 unspecified atom stereocenters. The van der Waals surface area contributed by atoms with Crippen LogP contribution in [-0.2, 0) is 22.4 Å². The number of nitrogens with zero attached hydrogens (tertiary/aromatic N) is 4. The first-order valence-corrected chi connectivity index (χ1v) is 10.1. The molecule has 0 saturated carbocycles. The standard InChI is InChI=1S/2C12H12N2.Ag.BF4/c2*1-9-5-3-7-11(13-9)12-8-4-6-10(2)14-12;;2-1(3,4)5/h2*3-8H,1-2H3;;/q;;+1;-1. The molecule has 0 aliphatic heterocycles. The van der Waals surface area contributed by atoms with Gasteiger partial charge in [-0.05, 0) is 76.2 Å². The Balaban J connectivity index is 0.000000278. The molecular formula is C24H24AgBF4N4. The molecule has 4 heterocycles. The molecule has 0 radical (unpaired) electrons. The minimum Gasteiger partial charge on any atom is -0.418 e. The van der Waals surface area contributed by atoms with Crippen molar-refractivity contribution < 1.29 is 39.6 Å². The van der Waals surface area contributed by atoms with Crippen molar-refractivity contribution in [1.82, 2.24) is 19.9 Å². The number of rotatable bonds is 2. The zero-order chi connectivity index (χ0) is 24.4. The maximum Gasteiger partial charge on any atom is 1.00 e. The smallest absolute Gasteiger partial charge is 0.418 e. The van der Waals surface area contributed by atoms with E-state index >= 15 is 0 Å². The summed E-state index contributed by atoms with van der Waals surface area (Å²) in [5, 5.41) is 0. The van der Waals surface area contributed by atoms with E-state index in [1.807, 2.05) is 100 Å². The number of aromatic nitrogens is 4. The topological polar surface area (TPSA) is 51.6 Å². The summed E-state index contributed by atoms with van der Waals surface area (Å²) in [6, 6.07) is 23.9. The van der Waals surface area contributed by atoms with Crippen LogP contribution in [0.15, 0.2) is 72.8 Å².